The fourth-order valence-corrected chi connectivity index (χ4v) is 1.43. The molecule has 0 unspecified atom stereocenters. The molecule has 2 rings (SSSR count). The molecule has 4 nitrogen and oxygen atoms in total. The molecular formula is C11H10ClN3O. The lowest BCUT2D eigenvalue weighted by molar-refractivity contribution is 0.462. The second kappa shape index (κ2) is 4.37. The fourth-order valence-electron chi connectivity index (χ4n) is 1.25. The van der Waals surface area contributed by atoms with Crippen molar-refractivity contribution in [2.24, 2.45) is 0 Å². The van der Waals surface area contributed by atoms with Crippen molar-refractivity contribution in [3.63, 3.8) is 0 Å². The molecule has 0 aliphatic rings. The highest BCUT2D eigenvalue weighted by Gasteiger charge is 2.04. The average Bonchev–Trinajstić information content (AvgIpc) is 2.20. The minimum Gasteiger partial charge on any atom is -0.437 e. The molecule has 0 atom stereocenters. The van der Waals surface area contributed by atoms with E-state index in [4.69, 9.17) is 22.1 Å². The number of para-hydroxylation sites is 1. The molecule has 1 aromatic carbocycles. The Kier molecular flexibility index (Phi) is 2.92. The van der Waals surface area contributed by atoms with Gasteiger partial charge in [0.15, 0.2) is 0 Å². The molecule has 0 radical (unpaired) electrons. The zero-order valence-corrected chi connectivity index (χ0v) is 9.40. The minimum absolute atomic E-state index is 0.182. The molecule has 0 aliphatic heterocycles. The number of hydrogen-bond acceptors (Lipinski definition) is 4. The van der Waals surface area contributed by atoms with E-state index < -0.39 is 0 Å². The van der Waals surface area contributed by atoms with Crippen molar-refractivity contribution in [3.8, 4) is 11.6 Å². The van der Waals surface area contributed by atoms with E-state index in [-0.39, 0.29) is 5.95 Å². The number of halogens is 1. The van der Waals surface area contributed by atoms with E-state index >= 15 is 0 Å². The summed E-state index contributed by atoms with van der Waals surface area (Å²) in [5.41, 5.74) is 6.26. The molecule has 1 aromatic heterocycles. The maximum atomic E-state index is 5.95. The number of aromatic nitrogens is 2. The molecule has 0 saturated heterocycles. The first-order chi connectivity index (χ1) is 7.65. The van der Waals surface area contributed by atoms with Crippen molar-refractivity contribution in [2.75, 3.05) is 5.73 Å². The van der Waals surface area contributed by atoms with Crippen molar-refractivity contribution < 1.29 is 4.74 Å². The van der Waals surface area contributed by atoms with Gasteiger partial charge in [-0.25, -0.2) is 4.98 Å². The largest absolute Gasteiger partial charge is 0.437 e. The van der Waals surface area contributed by atoms with Crippen LogP contribution in [0.3, 0.4) is 0 Å². The third kappa shape index (κ3) is 2.41. The summed E-state index contributed by atoms with van der Waals surface area (Å²) < 4.78 is 5.51. The van der Waals surface area contributed by atoms with Crippen molar-refractivity contribution in [1.82, 2.24) is 9.97 Å². The van der Waals surface area contributed by atoms with Gasteiger partial charge in [-0.3, -0.25) is 0 Å². The van der Waals surface area contributed by atoms with Gasteiger partial charge >= 0.3 is 0 Å². The van der Waals surface area contributed by atoms with Crippen molar-refractivity contribution in [3.05, 3.63) is 41.0 Å². The molecule has 16 heavy (non-hydrogen) atoms. The van der Waals surface area contributed by atoms with E-state index in [1.807, 2.05) is 19.1 Å². The number of nitrogen functional groups attached to an aromatic ring is 1. The van der Waals surface area contributed by atoms with Crippen LogP contribution < -0.4 is 10.5 Å². The minimum atomic E-state index is 0.182. The Morgan fingerprint density at radius 1 is 1.25 bits per heavy atom. The standard InChI is InChI=1S/C11H10ClN3O/c1-7-6-10(15-11(13)14-7)16-9-5-3-2-4-8(9)12/h2-6H,1H3,(H2,13,14,15). The lowest BCUT2D eigenvalue weighted by Crippen LogP contribution is -1.98. The van der Waals surface area contributed by atoms with Gasteiger partial charge in [0.2, 0.25) is 11.8 Å². The van der Waals surface area contributed by atoms with Gasteiger partial charge in [0.25, 0.3) is 0 Å². The smallest absolute Gasteiger partial charge is 0.224 e. The molecular weight excluding hydrogens is 226 g/mol. The predicted molar refractivity (Wildman–Crippen MR) is 62.7 cm³/mol. The summed E-state index contributed by atoms with van der Waals surface area (Å²) in [6, 6.07) is 8.86. The van der Waals surface area contributed by atoms with E-state index in [0.717, 1.165) is 5.69 Å². The number of anilines is 1. The first-order valence-corrected chi connectivity index (χ1v) is 5.06. The zero-order chi connectivity index (χ0) is 11.5. The molecule has 0 fully saturated rings. The molecule has 2 N–H and O–H groups in total. The summed E-state index contributed by atoms with van der Waals surface area (Å²) in [5.74, 6) is 1.11. The van der Waals surface area contributed by atoms with E-state index in [1.165, 1.54) is 0 Å². The van der Waals surface area contributed by atoms with Crippen LogP contribution in [-0.4, -0.2) is 9.97 Å². The summed E-state index contributed by atoms with van der Waals surface area (Å²) in [5, 5.41) is 0.525. The lowest BCUT2D eigenvalue weighted by Gasteiger charge is -2.07. The fraction of sp³-hybridized carbons (Fsp3) is 0.0909. The number of nitrogens with zero attached hydrogens (tertiary/aromatic N) is 2. The molecule has 1 heterocycles. The van der Waals surface area contributed by atoms with Crippen molar-refractivity contribution in [1.29, 1.82) is 0 Å². The molecule has 0 bridgehead atoms. The Hall–Kier alpha value is -1.81. The first-order valence-electron chi connectivity index (χ1n) is 4.69. The topological polar surface area (TPSA) is 61.0 Å². The van der Waals surface area contributed by atoms with Gasteiger partial charge in [0.05, 0.1) is 5.02 Å². The van der Waals surface area contributed by atoms with Gasteiger partial charge in [0.1, 0.15) is 5.75 Å². The monoisotopic (exact) mass is 235 g/mol. The third-order valence-corrected chi connectivity index (χ3v) is 2.21. The number of aryl methyl sites for hydroxylation is 1. The molecule has 0 aliphatic carbocycles. The van der Waals surface area contributed by atoms with Crippen molar-refractivity contribution >= 4 is 17.5 Å². The Bertz CT molecular complexity index is 496. The summed E-state index contributed by atoms with van der Waals surface area (Å²) in [7, 11) is 0. The quantitative estimate of drug-likeness (QED) is 0.870. The zero-order valence-electron chi connectivity index (χ0n) is 8.64. The normalized spacial score (nSPS) is 10.1. The Morgan fingerprint density at radius 3 is 2.69 bits per heavy atom. The Balaban J connectivity index is 2.30. The number of nitrogens with two attached hydrogens (primary N) is 1. The molecule has 0 saturated carbocycles. The highest BCUT2D eigenvalue weighted by Crippen LogP contribution is 2.27. The number of benzene rings is 1. The van der Waals surface area contributed by atoms with Crippen LogP contribution in [0.2, 0.25) is 5.02 Å². The van der Waals surface area contributed by atoms with E-state index in [2.05, 4.69) is 9.97 Å². The van der Waals surface area contributed by atoms with Crippen molar-refractivity contribution in [2.45, 2.75) is 6.92 Å². The highest BCUT2D eigenvalue weighted by molar-refractivity contribution is 6.32. The van der Waals surface area contributed by atoms with E-state index in [0.29, 0.717) is 16.7 Å². The van der Waals surface area contributed by atoms with Crippen LogP contribution in [0.1, 0.15) is 5.69 Å². The number of ether oxygens (including phenoxy) is 1. The van der Waals surface area contributed by atoms with Crippen LogP contribution in [0.4, 0.5) is 5.95 Å². The number of rotatable bonds is 2. The van der Waals surface area contributed by atoms with Crippen LogP contribution in [0.5, 0.6) is 11.6 Å². The van der Waals surface area contributed by atoms with E-state index in [9.17, 15) is 0 Å². The van der Waals surface area contributed by atoms with Crippen LogP contribution in [-0.2, 0) is 0 Å². The SMILES string of the molecule is Cc1cc(Oc2ccccc2Cl)nc(N)n1. The maximum Gasteiger partial charge on any atom is 0.224 e. The van der Waals surface area contributed by atoms with Crippen LogP contribution in [0, 0.1) is 6.92 Å². The van der Waals surface area contributed by atoms with Gasteiger partial charge in [-0.05, 0) is 19.1 Å². The molecule has 82 valence electrons. The summed E-state index contributed by atoms with van der Waals surface area (Å²) >= 11 is 5.95. The van der Waals surface area contributed by atoms with Gasteiger partial charge in [0, 0.05) is 11.8 Å². The molecule has 0 spiro atoms. The number of hydrogen-bond donors (Lipinski definition) is 1. The van der Waals surface area contributed by atoms with Crippen LogP contribution in [0.15, 0.2) is 30.3 Å². The Labute approximate surface area is 98.0 Å². The molecule has 0 amide bonds. The van der Waals surface area contributed by atoms with Gasteiger partial charge in [-0.1, -0.05) is 23.7 Å². The second-order valence-corrected chi connectivity index (χ2v) is 3.65. The summed E-state index contributed by atoms with van der Waals surface area (Å²) in [6.45, 7) is 1.82. The molecule has 5 heteroatoms. The predicted octanol–water partition coefficient (Wildman–Crippen LogP) is 2.81. The lowest BCUT2D eigenvalue weighted by atomic mass is 10.3. The van der Waals surface area contributed by atoms with E-state index in [1.54, 1.807) is 18.2 Å². The first kappa shape index (κ1) is 10.7. The third-order valence-electron chi connectivity index (χ3n) is 1.90. The maximum absolute atomic E-state index is 5.95. The van der Waals surface area contributed by atoms with Gasteiger partial charge in [-0.2, -0.15) is 4.98 Å². The van der Waals surface area contributed by atoms with Gasteiger partial charge in [-0.15, -0.1) is 0 Å². The summed E-state index contributed by atoms with van der Waals surface area (Å²) in [6.07, 6.45) is 0. The Morgan fingerprint density at radius 2 is 2.00 bits per heavy atom. The van der Waals surface area contributed by atoms with Gasteiger partial charge < -0.3 is 10.5 Å². The average molecular weight is 236 g/mol. The highest BCUT2D eigenvalue weighted by atomic mass is 35.5. The summed E-state index contributed by atoms with van der Waals surface area (Å²) in [4.78, 5) is 7.91. The second-order valence-electron chi connectivity index (χ2n) is 3.24. The van der Waals surface area contributed by atoms with Crippen LogP contribution >= 0.6 is 11.6 Å². The molecule has 2 aromatic rings. The van der Waals surface area contributed by atoms with Crippen LogP contribution in [0.25, 0.3) is 0 Å².